The third-order valence-electron chi connectivity index (χ3n) is 2.30. The van der Waals surface area contributed by atoms with Crippen LogP contribution in [-0.4, -0.2) is 44.7 Å². The molecule has 6 nitrogen and oxygen atoms in total. The van der Waals surface area contributed by atoms with Crippen LogP contribution in [0.25, 0.3) is 0 Å². The Morgan fingerprint density at radius 2 is 2.50 bits per heavy atom. The summed E-state index contributed by atoms with van der Waals surface area (Å²) < 4.78 is 1.65. The molecule has 1 saturated heterocycles. The molecule has 0 aromatic carbocycles. The molecule has 1 aliphatic rings. The van der Waals surface area contributed by atoms with E-state index in [1.54, 1.807) is 15.9 Å². The van der Waals surface area contributed by atoms with E-state index in [1.807, 2.05) is 7.05 Å². The van der Waals surface area contributed by atoms with Gasteiger partial charge in [-0.3, -0.25) is 9.48 Å². The summed E-state index contributed by atoms with van der Waals surface area (Å²) in [7, 11) is 1.82. The first-order chi connectivity index (χ1) is 6.66. The van der Waals surface area contributed by atoms with Crippen LogP contribution in [0.15, 0.2) is 6.33 Å². The van der Waals surface area contributed by atoms with Crippen LogP contribution in [0.2, 0.25) is 0 Å². The molecule has 2 heterocycles. The number of carbonyl (C=O) groups is 1. The number of hydrogen-bond donors (Lipinski definition) is 1. The quantitative estimate of drug-likeness (QED) is 0.597. The fraction of sp³-hybridized carbons (Fsp3) is 0.625. The van der Waals surface area contributed by atoms with Crippen molar-refractivity contribution >= 4 is 5.91 Å². The molecule has 1 unspecified atom stereocenters. The summed E-state index contributed by atoms with van der Waals surface area (Å²) in [4.78, 5) is 16.9. The highest BCUT2D eigenvalue weighted by Crippen LogP contribution is 2.07. The lowest BCUT2D eigenvalue weighted by Gasteiger charge is -2.35. The van der Waals surface area contributed by atoms with E-state index in [0.717, 1.165) is 5.82 Å². The lowest BCUT2D eigenvalue weighted by atomic mass is 10.1. The first-order valence-electron chi connectivity index (χ1n) is 4.55. The molecular weight excluding hydrogens is 182 g/mol. The second-order valence-corrected chi connectivity index (χ2v) is 3.48. The summed E-state index contributed by atoms with van der Waals surface area (Å²) in [6.07, 6.45) is 2.35. The Morgan fingerprint density at radius 3 is 3.00 bits per heavy atom. The minimum absolute atomic E-state index is 0.0286. The number of amides is 1. The van der Waals surface area contributed by atoms with Gasteiger partial charge in [-0.1, -0.05) is 0 Å². The molecule has 2 rings (SSSR count). The molecule has 0 bridgehead atoms. The Balaban J connectivity index is 1.81. The van der Waals surface area contributed by atoms with Gasteiger partial charge in [-0.25, -0.2) is 4.98 Å². The van der Waals surface area contributed by atoms with E-state index < -0.39 is 0 Å². The van der Waals surface area contributed by atoms with Crippen LogP contribution in [0.1, 0.15) is 5.82 Å². The Bertz CT molecular complexity index is 347. The zero-order valence-electron chi connectivity index (χ0n) is 8.05. The Kier molecular flexibility index (Phi) is 2.20. The van der Waals surface area contributed by atoms with E-state index in [2.05, 4.69) is 10.1 Å². The monoisotopic (exact) mass is 195 g/mol. The van der Waals surface area contributed by atoms with Gasteiger partial charge >= 0.3 is 0 Å². The first kappa shape index (κ1) is 9.14. The molecule has 1 aromatic heterocycles. The molecule has 1 fully saturated rings. The summed E-state index contributed by atoms with van der Waals surface area (Å²) in [5, 5.41) is 4.12. The number of β-lactam (4-membered cyclic amide) rings is 1. The Morgan fingerprint density at radius 1 is 1.71 bits per heavy atom. The summed E-state index contributed by atoms with van der Waals surface area (Å²) in [6, 6.07) is -0.285. The highest BCUT2D eigenvalue weighted by molar-refractivity contribution is 5.87. The topological polar surface area (TPSA) is 77.0 Å². The second kappa shape index (κ2) is 3.38. The van der Waals surface area contributed by atoms with Crippen LogP contribution >= 0.6 is 0 Å². The summed E-state index contributed by atoms with van der Waals surface area (Å²) >= 11 is 0. The van der Waals surface area contributed by atoms with Crippen LogP contribution in [0.4, 0.5) is 0 Å². The maximum Gasteiger partial charge on any atom is 0.241 e. The largest absolute Gasteiger partial charge is 0.339 e. The fourth-order valence-electron chi connectivity index (χ4n) is 1.46. The second-order valence-electron chi connectivity index (χ2n) is 3.48. The third-order valence-corrected chi connectivity index (χ3v) is 2.30. The maximum absolute atomic E-state index is 11.1. The number of hydrogen-bond acceptors (Lipinski definition) is 4. The van der Waals surface area contributed by atoms with Crippen molar-refractivity contribution in [1.82, 2.24) is 19.7 Å². The smallest absolute Gasteiger partial charge is 0.241 e. The molecule has 0 spiro atoms. The molecule has 6 heteroatoms. The van der Waals surface area contributed by atoms with Gasteiger partial charge < -0.3 is 10.6 Å². The zero-order chi connectivity index (χ0) is 10.1. The number of aromatic nitrogens is 3. The van der Waals surface area contributed by atoms with Crippen LogP contribution in [0.5, 0.6) is 0 Å². The molecule has 2 N–H and O–H groups in total. The van der Waals surface area contributed by atoms with Gasteiger partial charge in [0, 0.05) is 26.6 Å². The summed E-state index contributed by atoms with van der Waals surface area (Å²) in [5.41, 5.74) is 5.46. The fourth-order valence-corrected chi connectivity index (χ4v) is 1.46. The van der Waals surface area contributed by atoms with Crippen molar-refractivity contribution < 1.29 is 4.79 Å². The van der Waals surface area contributed by atoms with Gasteiger partial charge in [0.15, 0.2) is 5.82 Å². The molecule has 14 heavy (non-hydrogen) atoms. The molecule has 76 valence electrons. The molecule has 0 radical (unpaired) electrons. The van der Waals surface area contributed by atoms with Crippen molar-refractivity contribution in [3.8, 4) is 0 Å². The normalized spacial score (nSPS) is 21.1. The van der Waals surface area contributed by atoms with E-state index in [1.165, 1.54) is 0 Å². The van der Waals surface area contributed by atoms with Gasteiger partial charge in [0.1, 0.15) is 12.4 Å². The van der Waals surface area contributed by atoms with Gasteiger partial charge in [0.05, 0.1) is 0 Å². The molecule has 1 atom stereocenters. The van der Waals surface area contributed by atoms with E-state index in [0.29, 0.717) is 19.5 Å². The van der Waals surface area contributed by atoms with Crippen molar-refractivity contribution in [2.75, 3.05) is 13.1 Å². The Labute approximate surface area is 81.7 Å². The van der Waals surface area contributed by atoms with Crippen LogP contribution in [0, 0.1) is 0 Å². The van der Waals surface area contributed by atoms with Crippen molar-refractivity contribution in [2.24, 2.45) is 12.8 Å². The Hall–Kier alpha value is -1.43. The number of rotatable bonds is 3. The number of aryl methyl sites for hydroxylation is 1. The van der Waals surface area contributed by atoms with Crippen molar-refractivity contribution in [3.63, 3.8) is 0 Å². The van der Waals surface area contributed by atoms with Gasteiger partial charge in [0.2, 0.25) is 5.91 Å². The predicted molar refractivity (Wildman–Crippen MR) is 49.3 cm³/mol. The van der Waals surface area contributed by atoms with Gasteiger partial charge in [-0.15, -0.1) is 0 Å². The van der Waals surface area contributed by atoms with Crippen molar-refractivity contribution in [3.05, 3.63) is 12.2 Å². The van der Waals surface area contributed by atoms with E-state index in [-0.39, 0.29) is 11.9 Å². The molecule has 1 amide bonds. The molecular formula is C8H13N5O. The summed E-state index contributed by atoms with van der Waals surface area (Å²) in [5.74, 6) is 0.793. The van der Waals surface area contributed by atoms with E-state index in [4.69, 9.17) is 5.73 Å². The molecule has 1 aromatic rings. The average Bonchev–Trinajstić information content (AvgIpc) is 2.58. The lowest BCUT2D eigenvalue weighted by Crippen LogP contribution is -2.61. The van der Waals surface area contributed by atoms with Gasteiger partial charge in [0.25, 0.3) is 0 Å². The number of likely N-dealkylation sites (tertiary alicyclic amines) is 1. The lowest BCUT2D eigenvalue weighted by molar-refractivity contribution is -0.142. The summed E-state index contributed by atoms with van der Waals surface area (Å²) in [6.45, 7) is 1.32. The van der Waals surface area contributed by atoms with E-state index >= 15 is 0 Å². The molecule has 0 saturated carbocycles. The van der Waals surface area contributed by atoms with Crippen LogP contribution in [-0.2, 0) is 18.3 Å². The number of nitrogens with zero attached hydrogens (tertiary/aromatic N) is 4. The molecule has 1 aliphatic heterocycles. The number of carbonyl (C=O) groups excluding carboxylic acids is 1. The minimum Gasteiger partial charge on any atom is -0.339 e. The standard InChI is InChI=1S/C8H13N5O/c1-12-5-10-7(11-12)2-3-13-4-6(9)8(13)14/h5-6H,2-4,9H2,1H3. The first-order valence-corrected chi connectivity index (χ1v) is 4.55. The van der Waals surface area contributed by atoms with E-state index in [9.17, 15) is 4.79 Å². The average molecular weight is 195 g/mol. The minimum atomic E-state index is -0.285. The highest BCUT2D eigenvalue weighted by Gasteiger charge is 2.32. The van der Waals surface area contributed by atoms with Gasteiger partial charge in [-0.2, -0.15) is 5.10 Å². The predicted octanol–water partition coefficient (Wildman–Crippen LogP) is -1.47. The third kappa shape index (κ3) is 1.60. The maximum atomic E-state index is 11.1. The van der Waals surface area contributed by atoms with Crippen LogP contribution in [0.3, 0.4) is 0 Å². The van der Waals surface area contributed by atoms with Gasteiger partial charge in [-0.05, 0) is 0 Å². The number of nitrogens with two attached hydrogens (primary N) is 1. The molecule has 0 aliphatic carbocycles. The van der Waals surface area contributed by atoms with Crippen molar-refractivity contribution in [2.45, 2.75) is 12.5 Å². The highest BCUT2D eigenvalue weighted by atomic mass is 16.2. The van der Waals surface area contributed by atoms with Crippen molar-refractivity contribution in [1.29, 1.82) is 0 Å². The SMILES string of the molecule is Cn1cnc(CCN2CC(N)C2=O)n1. The van der Waals surface area contributed by atoms with Crippen LogP contribution < -0.4 is 5.73 Å². The zero-order valence-corrected chi connectivity index (χ0v) is 8.05.